The van der Waals surface area contributed by atoms with Gasteiger partial charge in [-0.2, -0.15) is 0 Å². The Morgan fingerprint density at radius 2 is 1.96 bits per heavy atom. The predicted octanol–water partition coefficient (Wildman–Crippen LogP) is 3.36. The molecule has 0 aliphatic carbocycles. The van der Waals surface area contributed by atoms with Crippen LogP contribution < -0.4 is 16.0 Å². The number of nitrogen functional groups attached to an aromatic ring is 1. The van der Waals surface area contributed by atoms with E-state index in [1.807, 2.05) is 12.1 Å². The van der Waals surface area contributed by atoms with E-state index in [1.54, 1.807) is 12.1 Å². The first kappa shape index (κ1) is 15.4. The minimum Gasteiger partial charge on any atom is -0.399 e. The van der Waals surface area contributed by atoms with E-state index >= 15 is 0 Å². The highest BCUT2D eigenvalue weighted by molar-refractivity contribution is 5.94. The molecule has 0 fully saturated rings. The van der Waals surface area contributed by atoms with Crippen LogP contribution in [0, 0.1) is 6.92 Å². The topological polar surface area (TPSA) is 58.4 Å². The van der Waals surface area contributed by atoms with Gasteiger partial charge in [-0.15, -0.1) is 0 Å². The summed E-state index contributed by atoms with van der Waals surface area (Å²) in [5.74, 6) is 0.00296. The second-order valence-electron chi connectivity index (χ2n) is 6.18. The van der Waals surface area contributed by atoms with E-state index < -0.39 is 0 Å². The van der Waals surface area contributed by atoms with Crippen LogP contribution in [0.4, 0.5) is 17.1 Å². The average molecular weight is 309 g/mol. The molecule has 0 unspecified atom stereocenters. The van der Waals surface area contributed by atoms with Gasteiger partial charge < -0.3 is 16.0 Å². The van der Waals surface area contributed by atoms with Gasteiger partial charge in [0, 0.05) is 23.6 Å². The molecular formula is C19H23N3O. The number of hydrogen-bond acceptors (Lipinski definition) is 3. The number of fused-ring (bicyclic) bond motifs is 1. The van der Waals surface area contributed by atoms with Crippen molar-refractivity contribution in [3.05, 3.63) is 53.6 Å². The largest absolute Gasteiger partial charge is 0.399 e. The van der Waals surface area contributed by atoms with E-state index in [-0.39, 0.29) is 5.91 Å². The van der Waals surface area contributed by atoms with Gasteiger partial charge in [-0.3, -0.25) is 4.79 Å². The van der Waals surface area contributed by atoms with Crippen molar-refractivity contribution in [3.63, 3.8) is 0 Å². The summed E-state index contributed by atoms with van der Waals surface area (Å²) in [4.78, 5) is 14.6. The van der Waals surface area contributed by atoms with Gasteiger partial charge in [-0.05, 0) is 62.1 Å². The number of aryl methyl sites for hydroxylation is 2. The van der Waals surface area contributed by atoms with E-state index in [2.05, 4.69) is 35.3 Å². The molecule has 2 aromatic carbocycles. The maximum atomic E-state index is 12.4. The number of carbonyl (C=O) groups is 1. The van der Waals surface area contributed by atoms with Gasteiger partial charge in [0.15, 0.2) is 0 Å². The molecule has 120 valence electrons. The van der Waals surface area contributed by atoms with Crippen molar-refractivity contribution in [3.8, 4) is 0 Å². The lowest BCUT2D eigenvalue weighted by atomic mass is 10.0. The maximum Gasteiger partial charge on any atom is 0.243 e. The molecule has 4 heteroatoms. The molecule has 0 bridgehead atoms. The highest BCUT2D eigenvalue weighted by atomic mass is 16.2. The van der Waals surface area contributed by atoms with Crippen molar-refractivity contribution >= 4 is 23.0 Å². The van der Waals surface area contributed by atoms with E-state index in [4.69, 9.17) is 5.73 Å². The Bertz CT molecular complexity index is 694. The van der Waals surface area contributed by atoms with Crippen LogP contribution in [0.2, 0.25) is 0 Å². The first-order valence-electron chi connectivity index (χ1n) is 8.12. The lowest BCUT2D eigenvalue weighted by Crippen LogP contribution is -2.34. The molecule has 0 spiro atoms. The molecule has 0 saturated heterocycles. The first-order chi connectivity index (χ1) is 11.1. The van der Waals surface area contributed by atoms with Crippen LogP contribution in [-0.2, 0) is 11.2 Å². The van der Waals surface area contributed by atoms with Gasteiger partial charge in [0.1, 0.15) is 0 Å². The van der Waals surface area contributed by atoms with Crippen LogP contribution in [0.1, 0.15) is 24.0 Å². The Balaban J connectivity index is 1.72. The SMILES string of the molecule is Cc1ccc2c(c1)CCCCN2CC(=O)Nc1ccc(N)cc1. The van der Waals surface area contributed by atoms with E-state index in [0.717, 1.165) is 25.1 Å². The number of amides is 1. The predicted molar refractivity (Wildman–Crippen MR) is 95.8 cm³/mol. The molecule has 23 heavy (non-hydrogen) atoms. The number of nitrogens with two attached hydrogens (primary N) is 1. The Kier molecular flexibility index (Phi) is 4.51. The van der Waals surface area contributed by atoms with Crippen molar-refractivity contribution < 1.29 is 4.79 Å². The van der Waals surface area contributed by atoms with E-state index in [1.165, 1.54) is 23.2 Å². The minimum absolute atomic E-state index is 0.00296. The Morgan fingerprint density at radius 3 is 2.74 bits per heavy atom. The lowest BCUT2D eigenvalue weighted by molar-refractivity contribution is -0.115. The lowest BCUT2D eigenvalue weighted by Gasteiger charge is -2.24. The van der Waals surface area contributed by atoms with Crippen molar-refractivity contribution in [2.45, 2.75) is 26.2 Å². The van der Waals surface area contributed by atoms with Gasteiger partial charge in [-0.25, -0.2) is 0 Å². The molecule has 1 aliphatic heterocycles. The quantitative estimate of drug-likeness (QED) is 0.855. The second kappa shape index (κ2) is 6.73. The van der Waals surface area contributed by atoms with Crippen molar-refractivity contribution in [1.82, 2.24) is 0 Å². The van der Waals surface area contributed by atoms with Crippen molar-refractivity contribution in [2.24, 2.45) is 0 Å². The number of anilines is 3. The molecule has 3 rings (SSSR count). The van der Waals surface area contributed by atoms with Crippen LogP contribution in [-0.4, -0.2) is 19.0 Å². The summed E-state index contributed by atoms with van der Waals surface area (Å²) < 4.78 is 0. The van der Waals surface area contributed by atoms with Gasteiger partial charge in [0.2, 0.25) is 5.91 Å². The maximum absolute atomic E-state index is 12.4. The molecule has 1 heterocycles. The van der Waals surface area contributed by atoms with E-state index in [9.17, 15) is 4.79 Å². The van der Waals surface area contributed by atoms with Crippen LogP contribution in [0.5, 0.6) is 0 Å². The average Bonchev–Trinajstić information content (AvgIpc) is 2.71. The van der Waals surface area contributed by atoms with Crippen LogP contribution in [0.25, 0.3) is 0 Å². The van der Waals surface area contributed by atoms with Crippen molar-refractivity contribution in [2.75, 3.05) is 29.0 Å². The highest BCUT2D eigenvalue weighted by Gasteiger charge is 2.17. The van der Waals surface area contributed by atoms with Crippen LogP contribution in [0.15, 0.2) is 42.5 Å². The molecule has 1 amide bonds. The summed E-state index contributed by atoms with van der Waals surface area (Å²) >= 11 is 0. The number of nitrogens with zero attached hydrogens (tertiary/aromatic N) is 1. The molecule has 0 aromatic heterocycles. The zero-order chi connectivity index (χ0) is 16.2. The fourth-order valence-corrected chi connectivity index (χ4v) is 3.07. The van der Waals surface area contributed by atoms with Gasteiger partial charge >= 0.3 is 0 Å². The molecule has 4 nitrogen and oxygen atoms in total. The summed E-state index contributed by atoms with van der Waals surface area (Å²) in [5, 5.41) is 2.94. The third-order valence-corrected chi connectivity index (χ3v) is 4.23. The molecule has 3 N–H and O–H groups in total. The summed E-state index contributed by atoms with van der Waals surface area (Å²) in [6.45, 7) is 3.41. The molecule has 0 saturated carbocycles. The minimum atomic E-state index is 0.00296. The smallest absolute Gasteiger partial charge is 0.243 e. The zero-order valence-electron chi connectivity index (χ0n) is 13.5. The Labute approximate surface area is 137 Å². The Hall–Kier alpha value is -2.49. The molecular weight excluding hydrogens is 286 g/mol. The van der Waals surface area contributed by atoms with Gasteiger partial charge in [0.25, 0.3) is 0 Å². The van der Waals surface area contributed by atoms with Gasteiger partial charge in [-0.1, -0.05) is 17.7 Å². The Morgan fingerprint density at radius 1 is 1.17 bits per heavy atom. The standard InChI is InChI=1S/C19H23N3O/c1-14-5-10-18-15(12-14)4-2-3-11-22(18)13-19(23)21-17-8-6-16(20)7-9-17/h5-10,12H,2-4,11,13,20H2,1H3,(H,21,23). The fourth-order valence-electron chi connectivity index (χ4n) is 3.07. The molecule has 2 aromatic rings. The first-order valence-corrected chi connectivity index (χ1v) is 8.12. The number of benzene rings is 2. The molecule has 1 aliphatic rings. The number of carbonyl (C=O) groups excluding carboxylic acids is 1. The number of nitrogens with one attached hydrogen (secondary N) is 1. The number of rotatable bonds is 3. The van der Waals surface area contributed by atoms with Crippen LogP contribution in [0.3, 0.4) is 0 Å². The van der Waals surface area contributed by atoms with Crippen molar-refractivity contribution in [1.29, 1.82) is 0 Å². The van der Waals surface area contributed by atoms with Crippen LogP contribution >= 0.6 is 0 Å². The molecule has 0 radical (unpaired) electrons. The zero-order valence-corrected chi connectivity index (χ0v) is 13.5. The van der Waals surface area contributed by atoms with E-state index in [0.29, 0.717) is 12.2 Å². The number of hydrogen-bond donors (Lipinski definition) is 2. The summed E-state index contributed by atoms with van der Waals surface area (Å²) in [5.41, 5.74) is 11.0. The monoisotopic (exact) mass is 309 g/mol. The second-order valence-corrected chi connectivity index (χ2v) is 6.18. The summed E-state index contributed by atoms with van der Waals surface area (Å²) in [6.07, 6.45) is 3.38. The summed E-state index contributed by atoms with van der Waals surface area (Å²) in [6, 6.07) is 13.7. The highest BCUT2D eigenvalue weighted by Crippen LogP contribution is 2.27. The molecule has 0 atom stereocenters. The third kappa shape index (κ3) is 3.83. The fraction of sp³-hybridized carbons (Fsp3) is 0.316. The summed E-state index contributed by atoms with van der Waals surface area (Å²) in [7, 11) is 0. The van der Waals surface area contributed by atoms with Gasteiger partial charge in [0.05, 0.1) is 6.54 Å². The third-order valence-electron chi connectivity index (χ3n) is 4.23. The normalized spacial score (nSPS) is 14.0.